The standard InChI is InChI=1S/C76H96N8O26/c1-42-28-54-72(95)83(75(97)106-39-45-11-16-60(109-62-18-15-58(87)66(89)68(62)91)51(32-45)57(86)14-13-47-38-80(79-78-47)19-23-101-24-25-102-26-27-108-77)52-34-63(44(3)30-48(52)70(93)81(54)36-42)103-21-7-6-8-22-104-65-35-53-49(33-64(65)100-5)71(94)82-37-43(2)29-55(82)73(96)84(53)76(98)107-40-46-12-17-61(50(31-46)56(85)10-9-20-99-4)110-74-69(92)67(90)59(88)41-105-74/h11-12,16-17,30-38,54-55,58-59,62,66-69,72-74,87-92,95-96H,6-10,13-15,18-29,39-41,77H2,1-5H3/t54-,55-,58+,59+,62+,66-,67-,68-,69+,72?,73?,74-/m0/s1. The maximum absolute atomic E-state index is 14.7. The molecule has 596 valence electrons. The fourth-order valence-corrected chi connectivity index (χ4v) is 13.9. The van der Waals surface area contributed by atoms with Gasteiger partial charge in [-0.25, -0.2) is 30.0 Å². The third-order valence-electron chi connectivity index (χ3n) is 19.8. The molecule has 5 aliphatic heterocycles. The first kappa shape index (κ1) is 81.7. The molecule has 0 spiro atoms. The maximum atomic E-state index is 14.7. The van der Waals surface area contributed by atoms with Gasteiger partial charge in [0.05, 0.1) is 124 Å². The highest BCUT2D eigenvalue weighted by Crippen LogP contribution is 2.44. The zero-order chi connectivity index (χ0) is 78.4. The van der Waals surface area contributed by atoms with Crippen LogP contribution < -0.4 is 39.4 Å². The number of aliphatic hydroxyl groups is 8. The second kappa shape index (κ2) is 37.6. The van der Waals surface area contributed by atoms with E-state index in [4.69, 9.17) is 58.0 Å². The molecule has 1 aromatic heterocycles. The second-order valence-electron chi connectivity index (χ2n) is 27.8. The van der Waals surface area contributed by atoms with Gasteiger partial charge < -0.3 is 108 Å². The van der Waals surface area contributed by atoms with Crippen LogP contribution in [0.2, 0.25) is 0 Å². The van der Waals surface area contributed by atoms with Crippen molar-refractivity contribution < 1.29 is 127 Å². The minimum absolute atomic E-state index is 0.00731. The van der Waals surface area contributed by atoms with Crippen LogP contribution in [0.3, 0.4) is 0 Å². The average molecular weight is 1540 g/mol. The van der Waals surface area contributed by atoms with Crippen LogP contribution in [-0.2, 0) is 59.4 Å². The Morgan fingerprint density at radius 1 is 0.573 bits per heavy atom. The first-order valence-electron chi connectivity index (χ1n) is 36.6. The molecule has 0 radical (unpaired) electrons. The summed E-state index contributed by atoms with van der Waals surface area (Å²) >= 11 is 0. The number of carbonyl (C=O) groups is 6. The van der Waals surface area contributed by atoms with Gasteiger partial charge in [-0.05, 0) is 125 Å². The van der Waals surface area contributed by atoms with Crippen molar-refractivity contribution >= 4 is 46.9 Å². The van der Waals surface area contributed by atoms with Gasteiger partial charge in [0.15, 0.2) is 35.5 Å². The number of amides is 4. The number of ketones is 2. The molecule has 1 aliphatic carbocycles. The molecule has 11 rings (SSSR count). The Morgan fingerprint density at radius 2 is 1.14 bits per heavy atom. The first-order valence-corrected chi connectivity index (χ1v) is 36.6. The molecule has 110 heavy (non-hydrogen) atoms. The van der Waals surface area contributed by atoms with E-state index in [2.05, 4.69) is 15.1 Å². The van der Waals surface area contributed by atoms with Gasteiger partial charge in [0.2, 0.25) is 6.29 Å². The van der Waals surface area contributed by atoms with E-state index in [1.54, 1.807) is 49.3 Å². The first-order chi connectivity index (χ1) is 53.0. The molecule has 2 fully saturated rings. The lowest BCUT2D eigenvalue weighted by molar-refractivity contribution is -0.242. The summed E-state index contributed by atoms with van der Waals surface area (Å²) in [5.74, 6) is 3.84. The normalized spacial score (nSPS) is 23.6. The van der Waals surface area contributed by atoms with Crippen LogP contribution in [0, 0.1) is 6.92 Å². The Bertz CT molecular complexity index is 4150. The number of fused-ring (bicyclic) bond motifs is 4. The lowest BCUT2D eigenvalue weighted by atomic mass is 9.89. The van der Waals surface area contributed by atoms with E-state index < -0.39 is 117 Å². The summed E-state index contributed by atoms with van der Waals surface area (Å²) in [6.45, 7) is 6.60. The lowest BCUT2D eigenvalue weighted by Crippen LogP contribution is -2.54. The number of nitrogens with zero attached hydrogens (tertiary/aromatic N) is 7. The summed E-state index contributed by atoms with van der Waals surface area (Å²) in [6.07, 6.45) is -8.97. The van der Waals surface area contributed by atoms with Crippen molar-refractivity contribution in [1.82, 2.24) is 24.8 Å². The van der Waals surface area contributed by atoms with Gasteiger partial charge >= 0.3 is 12.2 Å². The zero-order valence-corrected chi connectivity index (χ0v) is 61.8. The van der Waals surface area contributed by atoms with Crippen molar-refractivity contribution in [2.75, 3.05) is 83.5 Å². The quantitative estimate of drug-likeness (QED) is 0.0156. The number of aliphatic hydroxyl groups excluding tert-OH is 8. The molecular weight excluding hydrogens is 1440 g/mol. The Hall–Kier alpha value is -9.24. The van der Waals surface area contributed by atoms with E-state index in [1.165, 1.54) is 72.6 Å². The number of anilines is 2. The van der Waals surface area contributed by atoms with Crippen molar-refractivity contribution in [3.8, 4) is 28.7 Å². The molecule has 5 aromatic rings. The summed E-state index contributed by atoms with van der Waals surface area (Å²) in [4.78, 5) is 95.3. The SMILES string of the molecule is COCCCC(=O)c1cc(COC(=O)N2c3cc(OCCCCCOc4cc5c(cc4C)C(=O)N4C=C(C)C[C@H]4C(O)N5C(=O)OCc4ccc(O[C@@H]5CC[C@@H](O)[C@H](O)[C@H]5O)c(C(=O)CCc5cn(CCOCCOCCON)nn5)c4)c(OC)cc3C(=O)N3C=C(C)C[C@H]3C2O)ccc1O[C@@H]1OC[C@@H](O)[C@H](O)[C@H]1O. The van der Waals surface area contributed by atoms with Crippen molar-refractivity contribution in [2.24, 2.45) is 5.90 Å². The van der Waals surface area contributed by atoms with E-state index in [0.717, 1.165) is 20.9 Å². The van der Waals surface area contributed by atoms with Gasteiger partial charge in [-0.3, -0.25) is 19.2 Å². The number of aryl methyl sites for hydroxylation is 2. The van der Waals surface area contributed by atoms with Crippen molar-refractivity contribution in [2.45, 2.75) is 185 Å². The largest absolute Gasteiger partial charge is 0.493 e. The number of benzene rings is 4. The zero-order valence-electron chi connectivity index (χ0n) is 61.8. The van der Waals surface area contributed by atoms with E-state index in [0.29, 0.717) is 86.8 Å². The van der Waals surface area contributed by atoms with Crippen LogP contribution in [0.5, 0.6) is 28.7 Å². The summed E-state index contributed by atoms with van der Waals surface area (Å²) in [7, 11) is 2.88. The van der Waals surface area contributed by atoms with E-state index in [9.17, 15) is 69.6 Å². The Morgan fingerprint density at radius 3 is 1.75 bits per heavy atom. The highest BCUT2D eigenvalue weighted by atomic mass is 16.7. The highest BCUT2D eigenvalue weighted by Gasteiger charge is 2.48. The fraction of sp³-hybridized carbons (Fsp3) is 0.526. The molecule has 4 aromatic carbocycles. The number of nitrogens with two attached hydrogens (primary N) is 1. The van der Waals surface area contributed by atoms with Crippen LogP contribution in [0.4, 0.5) is 21.0 Å². The number of methoxy groups -OCH3 is 2. The summed E-state index contributed by atoms with van der Waals surface area (Å²) in [6, 6.07) is 13.0. The van der Waals surface area contributed by atoms with Crippen LogP contribution in [0.15, 0.2) is 90.4 Å². The molecule has 10 N–H and O–H groups in total. The van der Waals surface area contributed by atoms with Gasteiger partial charge in [-0.15, -0.1) is 5.10 Å². The number of hydrogen-bond donors (Lipinski definition) is 9. The van der Waals surface area contributed by atoms with Crippen LogP contribution in [0.1, 0.15) is 142 Å². The molecule has 6 aliphatic rings. The number of hydrogen-bond acceptors (Lipinski definition) is 29. The van der Waals surface area contributed by atoms with Gasteiger partial charge in [-0.1, -0.05) is 28.5 Å². The molecule has 4 amide bonds. The predicted molar refractivity (Wildman–Crippen MR) is 386 cm³/mol. The predicted octanol–water partition coefficient (Wildman–Crippen LogP) is 4.20. The maximum Gasteiger partial charge on any atom is 0.416 e. The number of rotatable bonds is 35. The van der Waals surface area contributed by atoms with Crippen LogP contribution >= 0.6 is 0 Å². The summed E-state index contributed by atoms with van der Waals surface area (Å²) < 4.78 is 65.4. The van der Waals surface area contributed by atoms with Gasteiger partial charge in [0.25, 0.3) is 11.8 Å². The molecule has 1 saturated carbocycles. The van der Waals surface area contributed by atoms with E-state index >= 15 is 0 Å². The van der Waals surface area contributed by atoms with Crippen LogP contribution in [-0.4, -0.2) is 248 Å². The van der Waals surface area contributed by atoms with Crippen molar-refractivity contribution in [1.29, 1.82) is 0 Å². The lowest BCUT2D eigenvalue weighted by Gasteiger charge is -2.35. The molecular formula is C76H96N8O26. The van der Waals surface area contributed by atoms with Crippen molar-refractivity contribution in [3.63, 3.8) is 0 Å². The Balaban J connectivity index is 0.745. The average Bonchev–Trinajstić information content (AvgIpc) is 1.59. The Kier molecular flexibility index (Phi) is 28.0. The minimum atomic E-state index is -1.66. The number of carbonyl (C=O) groups excluding carboxylic acids is 6. The van der Waals surface area contributed by atoms with E-state index in [1.807, 2.05) is 6.92 Å². The third-order valence-corrected chi connectivity index (χ3v) is 19.8. The molecule has 34 nitrogen and oxygen atoms in total. The molecule has 12 atom stereocenters. The van der Waals surface area contributed by atoms with Gasteiger partial charge in [0, 0.05) is 63.7 Å². The summed E-state index contributed by atoms with van der Waals surface area (Å²) in [5.41, 5.74) is 3.41. The summed E-state index contributed by atoms with van der Waals surface area (Å²) in [5, 5.41) is 95.3. The highest BCUT2D eigenvalue weighted by molar-refractivity contribution is 6.08. The van der Waals surface area contributed by atoms with Gasteiger partial charge in [0.1, 0.15) is 67.1 Å². The molecule has 2 unspecified atom stereocenters. The van der Waals surface area contributed by atoms with Crippen LogP contribution in [0.25, 0.3) is 0 Å². The molecule has 6 heterocycles. The monoisotopic (exact) mass is 1540 g/mol. The number of ether oxygens (including phenoxy) is 11. The topological polar surface area (TPSA) is 445 Å². The fourth-order valence-electron chi connectivity index (χ4n) is 13.9. The van der Waals surface area contributed by atoms with E-state index in [-0.39, 0.29) is 140 Å². The second-order valence-corrected chi connectivity index (χ2v) is 27.8. The smallest absolute Gasteiger partial charge is 0.416 e. The minimum Gasteiger partial charge on any atom is -0.493 e. The number of aromatic nitrogens is 3. The molecule has 34 heteroatoms. The third kappa shape index (κ3) is 19.2. The van der Waals surface area contributed by atoms with Gasteiger partial charge in [-0.2, -0.15) is 0 Å². The molecule has 0 bridgehead atoms. The number of Topliss-reactive ketones (excluding diaryl/α,β-unsaturated/α-hetero) is 2. The molecule has 1 saturated heterocycles. The number of unbranched alkanes of at least 4 members (excludes halogenated alkanes) is 2. The Labute approximate surface area is 633 Å². The van der Waals surface area contributed by atoms with Crippen molar-refractivity contribution in [3.05, 3.63) is 135 Å².